The maximum Gasteiger partial charge on any atom is 0.387 e. The molecule has 1 aromatic heterocycles. The van der Waals surface area contributed by atoms with Gasteiger partial charge in [-0.3, -0.25) is 9.78 Å². The van der Waals surface area contributed by atoms with E-state index in [0.29, 0.717) is 54.7 Å². The molecule has 3 aliphatic rings. The van der Waals surface area contributed by atoms with Crippen molar-refractivity contribution in [2.75, 3.05) is 38.3 Å². The van der Waals surface area contributed by atoms with Gasteiger partial charge in [0.25, 0.3) is 0 Å². The lowest BCUT2D eigenvalue weighted by Gasteiger charge is -2.29. The Labute approximate surface area is 281 Å². The molecule has 0 radical (unpaired) electrons. The fourth-order valence-electron chi connectivity index (χ4n) is 5.68. The molecule has 252 valence electrons. The summed E-state index contributed by atoms with van der Waals surface area (Å²) < 4.78 is 77.6. The predicted molar refractivity (Wildman–Crippen MR) is 170 cm³/mol. The SMILES string of the molecule is CN1CCOc2ccc(S(=O)(=O)N3CCCC3C(=O)OC(Cc3c(Cl)cncc3Cl)c3ccc(OC(F)F)c(OCC4CC4)c3)cc21. The first-order valence-corrected chi connectivity index (χ1v) is 17.4. The lowest BCUT2D eigenvalue weighted by atomic mass is 10.0. The standard InChI is InChI=1S/C32H33Cl2F2N3O7S/c1-38-11-12-43-27-9-7-21(14-26(27)38)47(41,42)39-10-2-3-25(39)31(40)45-29(15-22-23(33)16-37-17-24(22)34)20-6-8-28(46-32(35)36)30(13-20)44-18-19-4-5-19/h6-9,13-14,16-17,19,25,29,32H,2-5,10-12,15,18H2,1H3. The first-order valence-electron chi connectivity index (χ1n) is 15.2. The third-order valence-electron chi connectivity index (χ3n) is 8.44. The molecule has 0 amide bonds. The second-order valence-electron chi connectivity index (χ2n) is 11.7. The quantitative estimate of drug-likeness (QED) is 0.201. The van der Waals surface area contributed by atoms with Crippen LogP contribution in [-0.4, -0.2) is 69.7 Å². The van der Waals surface area contributed by atoms with Crippen molar-refractivity contribution in [3.05, 3.63) is 70.0 Å². The molecule has 0 N–H and O–H groups in total. The molecule has 0 spiro atoms. The number of sulfonamides is 1. The van der Waals surface area contributed by atoms with E-state index >= 15 is 0 Å². The summed E-state index contributed by atoms with van der Waals surface area (Å²) in [4.78, 5) is 19.8. The van der Waals surface area contributed by atoms with Crippen LogP contribution >= 0.6 is 23.2 Å². The highest BCUT2D eigenvalue weighted by atomic mass is 35.5. The fourth-order valence-corrected chi connectivity index (χ4v) is 7.86. The number of fused-ring (bicyclic) bond motifs is 1. The first-order chi connectivity index (χ1) is 22.5. The summed E-state index contributed by atoms with van der Waals surface area (Å²) >= 11 is 12.9. The molecule has 15 heteroatoms. The van der Waals surface area contributed by atoms with Crippen LogP contribution < -0.4 is 19.1 Å². The van der Waals surface area contributed by atoms with Crippen LogP contribution in [0.5, 0.6) is 17.2 Å². The lowest BCUT2D eigenvalue weighted by molar-refractivity contribution is -0.153. The molecule has 10 nitrogen and oxygen atoms in total. The van der Waals surface area contributed by atoms with Crippen molar-refractivity contribution in [2.24, 2.45) is 5.92 Å². The Bertz CT molecular complexity index is 1730. The number of halogens is 4. The average molecular weight is 713 g/mol. The molecule has 3 aromatic rings. The summed E-state index contributed by atoms with van der Waals surface area (Å²) in [6.07, 6.45) is 4.37. The zero-order valence-electron chi connectivity index (χ0n) is 25.4. The number of aromatic nitrogens is 1. The molecule has 3 heterocycles. The van der Waals surface area contributed by atoms with Crippen molar-refractivity contribution >= 4 is 44.9 Å². The minimum absolute atomic E-state index is 0.0142. The molecule has 2 aliphatic heterocycles. The number of hydrogen-bond donors (Lipinski definition) is 0. The van der Waals surface area contributed by atoms with Crippen LogP contribution in [0.2, 0.25) is 10.0 Å². The normalized spacial score (nSPS) is 18.9. The van der Waals surface area contributed by atoms with Crippen LogP contribution in [0.25, 0.3) is 0 Å². The zero-order valence-corrected chi connectivity index (χ0v) is 27.7. The Morgan fingerprint density at radius 3 is 2.55 bits per heavy atom. The molecule has 2 atom stereocenters. The van der Waals surface area contributed by atoms with Crippen LogP contribution in [0.4, 0.5) is 14.5 Å². The summed E-state index contributed by atoms with van der Waals surface area (Å²) in [5, 5.41) is 0.459. The number of benzene rings is 2. The highest BCUT2D eigenvalue weighted by molar-refractivity contribution is 7.89. The molecular weight excluding hydrogens is 679 g/mol. The minimum atomic E-state index is -4.10. The third-order valence-corrected chi connectivity index (χ3v) is 11.0. The molecular formula is C32H33Cl2F2N3O7S. The number of anilines is 1. The van der Waals surface area contributed by atoms with Gasteiger partial charge in [0.15, 0.2) is 11.5 Å². The largest absolute Gasteiger partial charge is 0.490 e. The molecule has 6 rings (SSSR count). The van der Waals surface area contributed by atoms with Crippen molar-refractivity contribution in [2.45, 2.75) is 55.8 Å². The van der Waals surface area contributed by atoms with Crippen molar-refractivity contribution in [1.82, 2.24) is 9.29 Å². The summed E-state index contributed by atoms with van der Waals surface area (Å²) in [5.74, 6) is 0.0260. The van der Waals surface area contributed by atoms with Gasteiger partial charge in [0, 0.05) is 32.4 Å². The van der Waals surface area contributed by atoms with Gasteiger partial charge in [-0.1, -0.05) is 29.3 Å². The number of alkyl halides is 2. The van der Waals surface area contributed by atoms with E-state index in [2.05, 4.69) is 9.72 Å². The van der Waals surface area contributed by atoms with E-state index in [1.54, 1.807) is 12.1 Å². The van der Waals surface area contributed by atoms with Crippen LogP contribution in [0, 0.1) is 5.92 Å². The van der Waals surface area contributed by atoms with E-state index in [9.17, 15) is 22.0 Å². The maximum absolute atomic E-state index is 13.9. The minimum Gasteiger partial charge on any atom is -0.490 e. The number of esters is 1. The molecule has 1 saturated carbocycles. The number of hydrogen-bond acceptors (Lipinski definition) is 9. The van der Waals surface area contributed by atoms with Crippen LogP contribution in [-0.2, 0) is 26.0 Å². The van der Waals surface area contributed by atoms with Gasteiger partial charge in [0.2, 0.25) is 10.0 Å². The fraction of sp³-hybridized carbons (Fsp3) is 0.438. The van der Waals surface area contributed by atoms with E-state index < -0.39 is 34.7 Å². The van der Waals surface area contributed by atoms with Gasteiger partial charge in [0.05, 0.1) is 33.8 Å². The molecule has 1 saturated heterocycles. The smallest absolute Gasteiger partial charge is 0.387 e. The Hall–Kier alpha value is -3.39. The molecule has 0 bridgehead atoms. The molecule has 1 aliphatic carbocycles. The van der Waals surface area contributed by atoms with Crippen LogP contribution in [0.3, 0.4) is 0 Å². The van der Waals surface area contributed by atoms with E-state index in [1.165, 1.54) is 36.7 Å². The first kappa shape index (κ1) is 33.5. The van der Waals surface area contributed by atoms with Crippen LogP contribution in [0.15, 0.2) is 53.7 Å². The zero-order chi connectivity index (χ0) is 33.3. The van der Waals surface area contributed by atoms with Crippen LogP contribution in [0.1, 0.15) is 42.9 Å². The average Bonchev–Trinajstić information content (AvgIpc) is 3.73. The summed E-state index contributed by atoms with van der Waals surface area (Å²) in [6.45, 7) is -1.55. The van der Waals surface area contributed by atoms with Gasteiger partial charge in [-0.25, -0.2) is 8.42 Å². The Morgan fingerprint density at radius 1 is 1.06 bits per heavy atom. The van der Waals surface area contributed by atoms with E-state index in [4.69, 9.17) is 37.4 Å². The summed E-state index contributed by atoms with van der Waals surface area (Å²) in [6, 6.07) is 7.81. The third kappa shape index (κ3) is 7.53. The van der Waals surface area contributed by atoms with Gasteiger partial charge in [-0.15, -0.1) is 0 Å². The van der Waals surface area contributed by atoms with Crippen molar-refractivity contribution in [1.29, 1.82) is 0 Å². The second kappa shape index (κ2) is 14.0. The van der Waals surface area contributed by atoms with Crippen molar-refractivity contribution < 1.29 is 40.9 Å². The summed E-state index contributed by atoms with van der Waals surface area (Å²) in [7, 11) is -2.25. The highest BCUT2D eigenvalue weighted by Crippen LogP contribution is 2.39. The number of nitrogens with zero attached hydrogens (tertiary/aromatic N) is 3. The highest BCUT2D eigenvalue weighted by Gasteiger charge is 2.42. The van der Waals surface area contributed by atoms with Crippen molar-refractivity contribution in [3.8, 4) is 17.2 Å². The van der Waals surface area contributed by atoms with E-state index in [1.807, 2.05) is 11.9 Å². The Balaban J connectivity index is 1.30. The van der Waals surface area contributed by atoms with Gasteiger partial charge in [-0.05, 0) is 73.1 Å². The number of carbonyl (C=O) groups is 1. The maximum atomic E-state index is 13.9. The molecule has 2 unspecified atom stereocenters. The van der Waals surface area contributed by atoms with Gasteiger partial charge >= 0.3 is 12.6 Å². The monoisotopic (exact) mass is 711 g/mol. The Morgan fingerprint density at radius 2 is 1.83 bits per heavy atom. The topological polar surface area (TPSA) is 108 Å². The number of likely N-dealkylation sites (N-methyl/N-ethyl adjacent to an activating group) is 1. The van der Waals surface area contributed by atoms with Crippen molar-refractivity contribution in [3.63, 3.8) is 0 Å². The summed E-state index contributed by atoms with van der Waals surface area (Å²) in [5.41, 5.74) is 1.46. The lowest BCUT2D eigenvalue weighted by Crippen LogP contribution is -2.42. The number of rotatable bonds is 12. The Kier molecular flexibility index (Phi) is 9.98. The predicted octanol–water partition coefficient (Wildman–Crippen LogP) is 6.29. The molecule has 47 heavy (non-hydrogen) atoms. The second-order valence-corrected chi connectivity index (χ2v) is 14.4. The van der Waals surface area contributed by atoms with Gasteiger partial charge in [0.1, 0.15) is 24.5 Å². The number of ether oxygens (including phenoxy) is 4. The molecule has 2 aromatic carbocycles. The molecule has 2 fully saturated rings. The van der Waals surface area contributed by atoms with Gasteiger partial charge in [-0.2, -0.15) is 13.1 Å². The number of pyridine rings is 1. The van der Waals surface area contributed by atoms with Gasteiger partial charge < -0.3 is 23.8 Å². The number of carbonyl (C=O) groups excluding carboxylic acids is 1. The van der Waals surface area contributed by atoms with E-state index in [-0.39, 0.29) is 45.8 Å². The van der Waals surface area contributed by atoms with E-state index in [0.717, 1.165) is 17.1 Å².